The maximum absolute atomic E-state index is 12.7. The highest BCUT2D eigenvalue weighted by molar-refractivity contribution is 7.99. The number of piperidine rings is 1. The number of amides is 1. The van der Waals surface area contributed by atoms with Gasteiger partial charge in [0.05, 0.1) is 11.3 Å². The van der Waals surface area contributed by atoms with Gasteiger partial charge in [-0.05, 0) is 52.2 Å². The Morgan fingerprint density at radius 3 is 2.70 bits per heavy atom. The number of benzene rings is 1. The summed E-state index contributed by atoms with van der Waals surface area (Å²) < 4.78 is 2.04. The van der Waals surface area contributed by atoms with Crippen LogP contribution in [0, 0.1) is 6.92 Å². The third kappa shape index (κ3) is 3.29. The van der Waals surface area contributed by atoms with Gasteiger partial charge in [-0.2, -0.15) is 0 Å². The van der Waals surface area contributed by atoms with Crippen LogP contribution in [0.2, 0.25) is 0 Å². The van der Waals surface area contributed by atoms with E-state index in [1.165, 1.54) is 23.7 Å². The average molecular weight is 384 g/mol. The summed E-state index contributed by atoms with van der Waals surface area (Å²) in [4.78, 5) is 19.4. The Kier molecular flexibility index (Phi) is 4.80. The van der Waals surface area contributed by atoms with E-state index in [-0.39, 0.29) is 5.91 Å². The first kappa shape index (κ1) is 18.2. The fourth-order valence-corrected chi connectivity index (χ4v) is 4.78. The van der Waals surface area contributed by atoms with E-state index < -0.39 is 0 Å². The Hall–Kier alpha value is -2.15. The molecule has 0 aliphatic carbocycles. The van der Waals surface area contributed by atoms with Crippen LogP contribution in [0.25, 0.3) is 22.1 Å². The molecule has 1 saturated heterocycles. The van der Waals surface area contributed by atoms with Gasteiger partial charge in [-0.15, -0.1) is 10.2 Å². The minimum absolute atomic E-state index is 0.163. The number of aromatic nitrogens is 4. The number of aryl methyl sites for hydroxylation is 2. The van der Waals surface area contributed by atoms with Crippen LogP contribution >= 0.6 is 11.8 Å². The quantitative estimate of drug-likeness (QED) is 0.645. The van der Waals surface area contributed by atoms with Crippen LogP contribution in [0.1, 0.15) is 38.7 Å². The first-order valence-electron chi connectivity index (χ1n) is 9.49. The highest BCUT2D eigenvalue weighted by atomic mass is 32.2. The van der Waals surface area contributed by atoms with Crippen molar-refractivity contribution in [1.82, 2.24) is 24.6 Å². The number of likely N-dealkylation sites (tertiary alicyclic amines) is 1. The van der Waals surface area contributed by atoms with Gasteiger partial charge in [0.2, 0.25) is 11.1 Å². The zero-order valence-electron chi connectivity index (χ0n) is 16.3. The van der Waals surface area contributed by atoms with Crippen LogP contribution in [0.15, 0.2) is 23.4 Å². The van der Waals surface area contributed by atoms with E-state index >= 15 is 0 Å². The standard InChI is InChI=1S/C20H25N5OS/c1-12-8-9-16-15(10-12)18-19(24(16)4)21-20(23-22-18)27-11-17(26)25-13(2)6-5-7-14(25)3/h8-10,13-14H,5-7,11H2,1-4H3/t13-,14-/m0/s1. The first-order chi connectivity index (χ1) is 13.0. The number of carbonyl (C=O) groups is 1. The van der Waals surface area contributed by atoms with E-state index in [1.54, 1.807) is 0 Å². The Labute approximate surface area is 163 Å². The predicted molar refractivity (Wildman–Crippen MR) is 109 cm³/mol. The molecule has 1 fully saturated rings. The maximum Gasteiger partial charge on any atom is 0.233 e. The molecular weight excluding hydrogens is 358 g/mol. The number of rotatable bonds is 3. The van der Waals surface area contributed by atoms with Gasteiger partial charge in [0, 0.05) is 24.5 Å². The molecule has 0 unspecified atom stereocenters. The summed E-state index contributed by atoms with van der Waals surface area (Å²) in [5.41, 5.74) is 3.89. The fourth-order valence-electron chi connectivity index (χ4n) is 4.13. The average Bonchev–Trinajstić information content (AvgIpc) is 2.91. The smallest absolute Gasteiger partial charge is 0.233 e. The summed E-state index contributed by atoms with van der Waals surface area (Å²) in [5, 5.41) is 10.3. The van der Waals surface area contributed by atoms with Crippen LogP contribution in [0.4, 0.5) is 0 Å². The molecule has 2 atom stereocenters. The lowest BCUT2D eigenvalue weighted by molar-refractivity contribution is -0.134. The first-order valence-corrected chi connectivity index (χ1v) is 10.5. The molecule has 142 valence electrons. The molecule has 0 N–H and O–H groups in total. The topological polar surface area (TPSA) is 63.9 Å². The molecule has 6 nitrogen and oxygen atoms in total. The SMILES string of the molecule is Cc1ccc2c(c1)c1nnc(SCC(=O)N3[C@@H](C)CCC[C@@H]3C)nc1n2C. The normalized spacial score (nSPS) is 20.5. The lowest BCUT2D eigenvalue weighted by Gasteiger charge is -2.39. The van der Waals surface area contributed by atoms with Crippen LogP contribution in [0.3, 0.4) is 0 Å². The second-order valence-electron chi connectivity index (χ2n) is 7.56. The summed E-state index contributed by atoms with van der Waals surface area (Å²) in [7, 11) is 1.99. The van der Waals surface area contributed by atoms with Crippen molar-refractivity contribution in [3.8, 4) is 0 Å². The number of nitrogens with zero attached hydrogens (tertiary/aromatic N) is 5. The minimum Gasteiger partial charge on any atom is -0.337 e. The molecule has 27 heavy (non-hydrogen) atoms. The van der Waals surface area contributed by atoms with Crippen LogP contribution < -0.4 is 0 Å². The molecule has 4 rings (SSSR count). The monoisotopic (exact) mass is 383 g/mol. The van der Waals surface area contributed by atoms with Gasteiger partial charge in [-0.1, -0.05) is 23.4 Å². The molecule has 2 aromatic heterocycles. The third-order valence-electron chi connectivity index (χ3n) is 5.54. The molecule has 0 saturated carbocycles. The number of thioether (sulfide) groups is 1. The van der Waals surface area contributed by atoms with Gasteiger partial charge in [-0.25, -0.2) is 4.98 Å². The lowest BCUT2D eigenvalue weighted by atomic mass is 9.98. The second kappa shape index (κ2) is 7.11. The molecule has 7 heteroatoms. The second-order valence-corrected chi connectivity index (χ2v) is 8.51. The van der Waals surface area contributed by atoms with Crippen molar-refractivity contribution >= 4 is 39.7 Å². The third-order valence-corrected chi connectivity index (χ3v) is 6.36. The molecule has 0 bridgehead atoms. The number of hydrogen-bond acceptors (Lipinski definition) is 5. The van der Waals surface area contributed by atoms with E-state index in [4.69, 9.17) is 0 Å². The van der Waals surface area contributed by atoms with Crippen molar-refractivity contribution in [2.45, 2.75) is 57.3 Å². The zero-order valence-corrected chi connectivity index (χ0v) is 17.1. The highest BCUT2D eigenvalue weighted by Crippen LogP contribution is 2.28. The van der Waals surface area contributed by atoms with Gasteiger partial charge in [0.1, 0.15) is 5.52 Å². The van der Waals surface area contributed by atoms with Crippen LogP contribution in [0.5, 0.6) is 0 Å². The van der Waals surface area contributed by atoms with Crippen LogP contribution in [-0.4, -0.2) is 48.4 Å². The molecule has 3 heterocycles. The molecule has 3 aromatic rings. The maximum atomic E-state index is 12.7. The van der Waals surface area contributed by atoms with Crippen molar-refractivity contribution in [2.75, 3.05) is 5.75 Å². The summed E-state index contributed by atoms with van der Waals surface area (Å²) in [6.45, 7) is 6.34. The largest absolute Gasteiger partial charge is 0.337 e. The Morgan fingerprint density at radius 2 is 1.96 bits per heavy atom. The van der Waals surface area contributed by atoms with Crippen molar-refractivity contribution in [2.24, 2.45) is 7.05 Å². The molecular formula is C20H25N5OS. The zero-order chi connectivity index (χ0) is 19.1. The summed E-state index contributed by atoms with van der Waals surface area (Å²) in [6, 6.07) is 6.91. The summed E-state index contributed by atoms with van der Waals surface area (Å²) >= 11 is 1.37. The van der Waals surface area contributed by atoms with Gasteiger partial charge in [0.25, 0.3) is 0 Å². The number of fused-ring (bicyclic) bond motifs is 3. The molecule has 1 amide bonds. The highest BCUT2D eigenvalue weighted by Gasteiger charge is 2.28. The van der Waals surface area contributed by atoms with Gasteiger partial charge >= 0.3 is 0 Å². The van der Waals surface area contributed by atoms with Crippen molar-refractivity contribution in [3.05, 3.63) is 23.8 Å². The van der Waals surface area contributed by atoms with E-state index in [9.17, 15) is 4.79 Å². The Balaban J connectivity index is 1.57. The Bertz CT molecular complexity index is 1000. The molecule has 1 aliphatic rings. The lowest BCUT2D eigenvalue weighted by Crippen LogP contribution is -2.48. The molecule has 1 aromatic carbocycles. The van der Waals surface area contributed by atoms with Gasteiger partial charge in [0.15, 0.2) is 5.65 Å². The summed E-state index contributed by atoms with van der Waals surface area (Å²) in [6.07, 6.45) is 3.36. The van der Waals surface area contributed by atoms with Crippen molar-refractivity contribution in [3.63, 3.8) is 0 Å². The number of hydrogen-bond donors (Lipinski definition) is 0. The molecule has 1 aliphatic heterocycles. The Morgan fingerprint density at radius 1 is 1.22 bits per heavy atom. The van der Waals surface area contributed by atoms with Crippen LogP contribution in [-0.2, 0) is 11.8 Å². The molecule has 0 spiro atoms. The molecule has 0 radical (unpaired) electrons. The van der Waals surface area contributed by atoms with E-state index in [2.05, 4.69) is 54.2 Å². The summed E-state index contributed by atoms with van der Waals surface area (Å²) in [5.74, 6) is 0.515. The van der Waals surface area contributed by atoms with Gasteiger partial charge in [-0.3, -0.25) is 4.79 Å². The van der Waals surface area contributed by atoms with Gasteiger partial charge < -0.3 is 9.47 Å². The predicted octanol–water partition coefficient (Wildman–Crippen LogP) is 3.71. The van der Waals surface area contributed by atoms with Crippen molar-refractivity contribution in [1.29, 1.82) is 0 Å². The minimum atomic E-state index is 0.163. The number of carbonyl (C=O) groups excluding carboxylic acids is 1. The fraction of sp³-hybridized carbons (Fsp3) is 0.500. The van der Waals surface area contributed by atoms with E-state index in [0.29, 0.717) is 23.0 Å². The van der Waals surface area contributed by atoms with E-state index in [1.807, 2.05) is 16.5 Å². The van der Waals surface area contributed by atoms with E-state index in [0.717, 1.165) is 34.9 Å². The van der Waals surface area contributed by atoms with Crippen molar-refractivity contribution < 1.29 is 4.79 Å².